The lowest BCUT2D eigenvalue weighted by molar-refractivity contribution is -0.116. The van der Waals surface area contributed by atoms with Crippen molar-refractivity contribution in [2.24, 2.45) is 0 Å². The van der Waals surface area contributed by atoms with E-state index in [0.717, 1.165) is 17.6 Å². The number of aromatic amines is 1. The average molecular weight is 306 g/mol. The Bertz CT molecular complexity index is 800. The van der Waals surface area contributed by atoms with Crippen molar-refractivity contribution in [3.8, 4) is 0 Å². The fraction of sp³-hybridized carbons (Fsp3) is 0.250. The standard InChI is InChI=1S/C20H22N2O/c1-14(2)15-6-9-17(10-7-15)22-20(23)11-8-16-4-3-5-19-18(16)12-13-21-19/h3-7,9-10,12-14,21H,8,11H2,1-2H3,(H,22,23). The molecule has 0 radical (unpaired) electrons. The summed E-state index contributed by atoms with van der Waals surface area (Å²) in [6.45, 7) is 4.32. The molecule has 0 aliphatic carbocycles. The van der Waals surface area contributed by atoms with Gasteiger partial charge < -0.3 is 10.3 Å². The summed E-state index contributed by atoms with van der Waals surface area (Å²) < 4.78 is 0. The third kappa shape index (κ3) is 3.62. The largest absolute Gasteiger partial charge is 0.361 e. The van der Waals surface area contributed by atoms with Gasteiger partial charge >= 0.3 is 0 Å². The van der Waals surface area contributed by atoms with Crippen molar-refractivity contribution in [1.82, 2.24) is 4.98 Å². The van der Waals surface area contributed by atoms with E-state index in [4.69, 9.17) is 0 Å². The van der Waals surface area contributed by atoms with E-state index in [0.29, 0.717) is 12.3 Å². The Balaban J connectivity index is 1.60. The first-order valence-corrected chi connectivity index (χ1v) is 8.08. The second-order valence-corrected chi connectivity index (χ2v) is 6.18. The first-order chi connectivity index (χ1) is 11.1. The highest BCUT2D eigenvalue weighted by molar-refractivity contribution is 5.91. The van der Waals surface area contributed by atoms with Crippen LogP contribution in [0.15, 0.2) is 54.7 Å². The third-order valence-electron chi connectivity index (χ3n) is 4.17. The number of rotatable bonds is 5. The lowest BCUT2D eigenvalue weighted by atomic mass is 10.0. The molecular formula is C20H22N2O. The third-order valence-corrected chi connectivity index (χ3v) is 4.17. The van der Waals surface area contributed by atoms with Gasteiger partial charge in [-0.25, -0.2) is 0 Å². The summed E-state index contributed by atoms with van der Waals surface area (Å²) >= 11 is 0. The molecule has 2 aromatic carbocycles. The van der Waals surface area contributed by atoms with Gasteiger partial charge in [-0.3, -0.25) is 4.79 Å². The zero-order valence-corrected chi connectivity index (χ0v) is 13.6. The number of anilines is 1. The first-order valence-electron chi connectivity index (χ1n) is 8.08. The highest BCUT2D eigenvalue weighted by Crippen LogP contribution is 2.20. The van der Waals surface area contributed by atoms with Crippen LogP contribution in [0, 0.1) is 0 Å². The van der Waals surface area contributed by atoms with Crippen LogP contribution in [-0.4, -0.2) is 10.9 Å². The molecule has 118 valence electrons. The molecule has 0 bridgehead atoms. The smallest absolute Gasteiger partial charge is 0.224 e. The van der Waals surface area contributed by atoms with Crippen LogP contribution < -0.4 is 5.32 Å². The van der Waals surface area contributed by atoms with Crippen molar-refractivity contribution in [3.05, 3.63) is 65.9 Å². The summed E-state index contributed by atoms with van der Waals surface area (Å²) in [6, 6.07) is 16.3. The summed E-state index contributed by atoms with van der Waals surface area (Å²) in [5, 5.41) is 4.17. The molecule has 3 heteroatoms. The number of benzene rings is 2. The van der Waals surface area contributed by atoms with Gasteiger partial charge in [0.05, 0.1) is 0 Å². The number of hydrogen-bond donors (Lipinski definition) is 2. The van der Waals surface area contributed by atoms with Crippen LogP contribution in [0.2, 0.25) is 0 Å². The highest BCUT2D eigenvalue weighted by Gasteiger charge is 2.07. The van der Waals surface area contributed by atoms with E-state index in [1.54, 1.807) is 0 Å². The van der Waals surface area contributed by atoms with Crippen LogP contribution in [0.4, 0.5) is 5.69 Å². The van der Waals surface area contributed by atoms with E-state index >= 15 is 0 Å². The molecule has 3 aromatic rings. The topological polar surface area (TPSA) is 44.9 Å². The van der Waals surface area contributed by atoms with Gasteiger partial charge in [-0.05, 0) is 47.7 Å². The van der Waals surface area contributed by atoms with E-state index in [9.17, 15) is 4.79 Å². The molecule has 1 heterocycles. The number of aromatic nitrogens is 1. The number of carbonyl (C=O) groups excluding carboxylic acids is 1. The summed E-state index contributed by atoms with van der Waals surface area (Å²) in [5.74, 6) is 0.552. The zero-order chi connectivity index (χ0) is 16.2. The molecule has 1 amide bonds. The van der Waals surface area contributed by atoms with Gasteiger partial charge in [0.15, 0.2) is 0 Å². The lowest BCUT2D eigenvalue weighted by Gasteiger charge is -2.09. The first kappa shape index (κ1) is 15.3. The predicted octanol–water partition coefficient (Wildman–Crippen LogP) is 4.86. The molecule has 0 atom stereocenters. The van der Waals surface area contributed by atoms with Gasteiger partial charge in [0.2, 0.25) is 5.91 Å². The molecule has 3 rings (SSSR count). The summed E-state index contributed by atoms with van der Waals surface area (Å²) in [7, 11) is 0. The predicted molar refractivity (Wildman–Crippen MR) is 95.8 cm³/mol. The maximum atomic E-state index is 12.2. The summed E-state index contributed by atoms with van der Waals surface area (Å²) in [6.07, 6.45) is 3.16. The molecule has 0 aliphatic rings. The number of H-pyrrole nitrogens is 1. The number of fused-ring (bicyclic) bond motifs is 1. The Kier molecular flexibility index (Phi) is 4.47. The van der Waals surface area contributed by atoms with E-state index < -0.39 is 0 Å². The number of carbonyl (C=O) groups is 1. The van der Waals surface area contributed by atoms with Crippen molar-refractivity contribution in [2.45, 2.75) is 32.6 Å². The van der Waals surface area contributed by atoms with Crippen LogP contribution in [0.5, 0.6) is 0 Å². The Hall–Kier alpha value is -2.55. The van der Waals surface area contributed by atoms with Crippen molar-refractivity contribution in [2.75, 3.05) is 5.32 Å². The maximum absolute atomic E-state index is 12.2. The number of amides is 1. The average Bonchev–Trinajstić information content (AvgIpc) is 3.02. The quantitative estimate of drug-likeness (QED) is 0.694. The van der Waals surface area contributed by atoms with Gasteiger partial charge in [0.1, 0.15) is 0 Å². The van der Waals surface area contributed by atoms with E-state index in [1.165, 1.54) is 16.5 Å². The number of hydrogen-bond acceptors (Lipinski definition) is 1. The van der Waals surface area contributed by atoms with Gasteiger partial charge in [0.25, 0.3) is 0 Å². The number of nitrogens with one attached hydrogen (secondary N) is 2. The minimum Gasteiger partial charge on any atom is -0.361 e. The Morgan fingerprint density at radius 1 is 1.09 bits per heavy atom. The molecule has 0 unspecified atom stereocenters. The molecule has 1 aromatic heterocycles. The Labute approximate surface area is 136 Å². The number of aryl methyl sites for hydroxylation is 1. The SMILES string of the molecule is CC(C)c1ccc(NC(=O)CCc2cccc3[nH]ccc23)cc1. The summed E-state index contributed by atoms with van der Waals surface area (Å²) in [4.78, 5) is 15.4. The van der Waals surface area contributed by atoms with Crippen molar-refractivity contribution < 1.29 is 4.79 Å². The van der Waals surface area contributed by atoms with Gasteiger partial charge in [-0.15, -0.1) is 0 Å². The van der Waals surface area contributed by atoms with Crippen molar-refractivity contribution in [3.63, 3.8) is 0 Å². The molecular weight excluding hydrogens is 284 g/mol. The second kappa shape index (κ2) is 6.69. The van der Waals surface area contributed by atoms with E-state index in [-0.39, 0.29) is 5.91 Å². The highest BCUT2D eigenvalue weighted by atomic mass is 16.1. The zero-order valence-electron chi connectivity index (χ0n) is 13.6. The fourth-order valence-corrected chi connectivity index (χ4v) is 2.79. The monoisotopic (exact) mass is 306 g/mol. The molecule has 0 saturated heterocycles. The van der Waals surface area contributed by atoms with E-state index in [2.05, 4.69) is 54.5 Å². The molecule has 0 spiro atoms. The van der Waals surface area contributed by atoms with Crippen molar-refractivity contribution in [1.29, 1.82) is 0 Å². The lowest BCUT2D eigenvalue weighted by Crippen LogP contribution is -2.12. The minimum absolute atomic E-state index is 0.0508. The van der Waals surface area contributed by atoms with Gasteiger partial charge in [-0.1, -0.05) is 38.1 Å². The second-order valence-electron chi connectivity index (χ2n) is 6.18. The molecule has 23 heavy (non-hydrogen) atoms. The van der Waals surface area contributed by atoms with Gasteiger partial charge in [0, 0.05) is 29.2 Å². The van der Waals surface area contributed by atoms with Crippen LogP contribution in [0.1, 0.15) is 37.3 Å². The molecule has 0 aliphatic heterocycles. The van der Waals surface area contributed by atoms with Crippen LogP contribution in [0.25, 0.3) is 10.9 Å². The Morgan fingerprint density at radius 2 is 1.87 bits per heavy atom. The van der Waals surface area contributed by atoms with Crippen LogP contribution >= 0.6 is 0 Å². The Morgan fingerprint density at radius 3 is 2.61 bits per heavy atom. The van der Waals surface area contributed by atoms with E-state index in [1.807, 2.05) is 24.4 Å². The van der Waals surface area contributed by atoms with Crippen molar-refractivity contribution >= 4 is 22.5 Å². The molecule has 0 saturated carbocycles. The normalized spacial score (nSPS) is 11.1. The minimum atomic E-state index is 0.0508. The summed E-state index contributed by atoms with van der Waals surface area (Å²) in [5.41, 5.74) is 4.46. The van der Waals surface area contributed by atoms with Gasteiger partial charge in [-0.2, -0.15) is 0 Å². The van der Waals surface area contributed by atoms with Crippen LogP contribution in [-0.2, 0) is 11.2 Å². The maximum Gasteiger partial charge on any atom is 0.224 e. The van der Waals surface area contributed by atoms with Crippen LogP contribution in [0.3, 0.4) is 0 Å². The molecule has 0 fully saturated rings. The molecule has 3 nitrogen and oxygen atoms in total. The fourth-order valence-electron chi connectivity index (χ4n) is 2.79. The molecule has 2 N–H and O–H groups in total.